The Morgan fingerprint density at radius 2 is 2.21 bits per heavy atom. The number of ether oxygens (including phenoxy) is 1. The predicted molar refractivity (Wildman–Crippen MR) is 72.8 cm³/mol. The second-order valence-electron chi connectivity index (χ2n) is 4.02. The van der Waals surface area contributed by atoms with Crippen molar-refractivity contribution in [3.05, 3.63) is 53.7 Å². The van der Waals surface area contributed by atoms with Crippen LogP contribution in [0.3, 0.4) is 0 Å². The maximum atomic E-state index is 11.9. The molecule has 1 aromatic carbocycles. The van der Waals surface area contributed by atoms with Crippen molar-refractivity contribution in [2.24, 2.45) is 0 Å². The molecule has 0 fully saturated rings. The molecule has 0 atom stereocenters. The molecule has 1 heterocycles. The summed E-state index contributed by atoms with van der Waals surface area (Å²) in [6, 6.07) is 10.5. The molecule has 3 N–H and O–H groups in total. The van der Waals surface area contributed by atoms with Crippen LogP contribution in [0.1, 0.15) is 15.9 Å². The molecule has 0 bridgehead atoms. The van der Waals surface area contributed by atoms with Gasteiger partial charge in [0.15, 0.2) is 0 Å². The van der Waals surface area contributed by atoms with Crippen LogP contribution in [-0.2, 0) is 6.54 Å². The molecule has 0 saturated carbocycles. The number of nitrogen functional groups attached to an aromatic ring is 1. The standard InChI is InChI=1S/C14H15N3O2/c1-19-13-6-5-10(8-16-13)9-17-14(18)11-3-2-4-12(15)7-11/h2-8H,9,15H2,1H3,(H,17,18). The average molecular weight is 257 g/mol. The van der Waals surface area contributed by atoms with Crippen LogP contribution in [0, 0.1) is 0 Å². The lowest BCUT2D eigenvalue weighted by Crippen LogP contribution is -2.22. The van der Waals surface area contributed by atoms with Crippen LogP contribution in [0.2, 0.25) is 0 Å². The lowest BCUT2D eigenvalue weighted by atomic mass is 10.2. The number of hydrogen-bond donors (Lipinski definition) is 2. The molecule has 1 amide bonds. The summed E-state index contributed by atoms with van der Waals surface area (Å²) in [4.78, 5) is 16.0. The van der Waals surface area contributed by atoms with Gasteiger partial charge in [0.1, 0.15) is 0 Å². The van der Waals surface area contributed by atoms with E-state index < -0.39 is 0 Å². The van der Waals surface area contributed by atoms with Crippen LogP contribution in [0.25, 0.3) is 0 Å². The molecule has 0 radical (unpaired) electrons. The maximum absolute atomic E-state index is 11.9. The third-order valence-electron chi connectivity index (χ3n) is 2.61. The van der Waals surface area contributed by atoms with E-state index in [0.29, 0.717) is 23.7 Å². The van der Waals surface area contributed by atoms with Gasteiger partial charge in [0.05, 0.1) is 7.11 Å². The lowest BCUT2D eigenvalue weighted by Gasteiger charge is -2.06. The maximum Gasteiger partial charge on any atom is 0.251 e. The highest BCUT2D eigenvalue weighted by Gasteiger charge is 2.05. The molecule has 19 heavy (non-hydrogen) atoms. The number of aromatic nitrogens is 1. The molecule has 1 aromatic heterocycles. The van der Waals surface area contributed by atoms with Crippen LogP contribution in [-0.4, -0.2) is 18.0 Å². The van der Waals surface area contributed by atoms with E-state index in [2.05, 4.69) is 10.3 Å². The minimum atomic E-state index is -0.164. The minimum absolute atomic E-state index is 0.164. The number of methoxy groups -OCH3 is 1. The number of nitrogens with one attached hydrogen (secondary N) is 1. The smallest absolute Gasteiger partial charge is 0.251 e. The zero-order valence-electron chi connectivity index (χ0n) is 10.6. The summed E-state index contributed by atoms with van der Waals surface area (Å²) >= 11 is 0. The molecule has 0 saturated heterocycles. The van der Waals surface area contributed by atoms with Crippen LogP contribution >= 0.6 is 0 Å². The fourth-order valence-corrected chi connectivity index (χ4v) is 1.60. The fourth-order valence-electron chi connectivity index (χ4n) is 1.60. The van der Waals surface area contributed by atoms with Gasteiger partial charge in [-0.15, -0.1) is 0 Å². The quantitative estimate of drug-likeness (QED) is 0.816. The second-order valence-corrected chi connectivity index (χ2v) is 4.02. The van der Waals surface area contributed by atoms with E-state index in [-0.39, 0.29) is 5.91 Å². The largest absolute Gasteiger partial charge is 0.481 e. The Bertz CT molecular complexity index is 567. The molecular formula is C14H15N3O2. The molecule has 0 unspecified atom stereocenters. The van der Waals surface area contributed by atoms with Gasteiger partial charge >= 0.3 is 0 Å². The van der Waals surface area contributed by atoms with E-state index in [9.17, 15) is 4.79 Å². The van der Waals surface area contributed by atoms with Gasteiger partial charge in [0.2, 0.25) is 5.88 Å². The minimum Gasteiger partial charge on any atom is -0.481 e. The fraction of sp³-hybridized carbons (Fsp3) is 0.143. The summed E-state index contributed by atoms with van der Waals surface area (Å²) in [6.45, 7) is 0.407. The summed E-state index contributed by atoms with van der Waals surface area (Å²) in [5.41, 5.74) is 7.64. The van der Waals surface area contributed by atoms with Crippen molar-refractivity contribution < 1.29 is 9.53 Å². The van der Waals surface area contributed by atoms with E-state index >= 15 is 0 Å². The third kappa shape index (κ3) is 3.45. The Kier molecular flexibility index (Phi) is 3.97. The van der Waals surface area contributed by atoms with Crippen molar-refractivity contribution in [3.63, 3.8) is 0 Å². The Hall–Kier alpha value is -2.56. The number of pyridine rings is 1. The van der Waals surface area contributed by atoms with Crippen molar-refractivity contribution in [1.29, 1.82) is 0 Å². The molecule has 2 rings (SSSR count). The Morgan fingerprint density at radius 1 is 1.37 bits per heavy atom. The molecule has 98 valence electrons. The van der Waals surface area contributed by atoms with Gasteiger partial charge in [-0.05, 0) is 23.8 Å². The van der Waals surface area contributed by atoms with Gasteiger partial charge in [-0.25, -0.2) is 4.98 Å². The molecular weight excluding hydrogens is 242 g/mol. The first-order chi connectivity index (χ1) is 9.19. The Balaban J connectivity index is 1.96. The van der Waals surface area contributed by atoms with Crippen molar-refractivity contribution >= 4 is 11.6 Å². The van der Waals surface area contributed by atoms with Gasteiger partial charge < -0.3 is 15.8 Å². The molecule has 0 aliphatic rings. The number of carbonyl (C=O) groups excluding carboxylic acids is 1. The SMILES string of the molecule is COc1ccc(CNC(=O)c2cccc(N)c2)cn1. The van der Waals surface area contributed by atoms with Gasteiger partial charge in [-0.3, -0.25) is 4.79 Å². The Labute approximate surface area is 111 Å². The lowest BCUT2D eigenvalue weighted by molar-refractivity contribution is 0.0951. The third-order valence-corrected chi connectivity index (χ3v) is 2.61. The summed E-state index contributed by atoms with van der Waals surface area (Å²) in [7, 11) is 1.56. The van der Waals surface area contributed by atoms with Gasteiger partial charge in [-0.1, -0.05) is 12.1 Å². The zero-order valence-corrected chi connectivity index (χ0v) is 10.6. The number of amides is 1. The number of nitrogens with two attached hydrogens (primary N) is 1. The van der Waals surface area contributed by atoms with Crippen molar-refractivity contribution in [3.8, 4) is 5.88 Å². The average Bonchev–Trinajstić information content (AvgIpc) is 2.45. The van der Waals surface area contributed by atoms with Gasteiger partial charge in [-0.2, -0.15) is 0 Å². The zero-order chi connectivity index (χ0) is 13.7. The monoisotopic (exact) mass is 257 g/mol. The number of nitrogens with zero attached hydrogens (tertiary/aromatic N) is 1. The van der Waals surface area contributed by atoms with Crippen LogP contribution in [0.15, 0.2) is 42.6 Å². The molecule has 5 heteroatoms. The van der Waals surface area contributed by atoms with Crippen molar-refractivity contribution in [2.75, 3.05) is 12.8 Å². The highest BCUT2D eigenvalue weighted by atomic mass is 16.5. The molecule has 0 aliphatic carbocycles. The van der Waals surface area contributed by atoms with E-state index in [1.165, 1.54) is 0 Å². The van der Waals surface area contributed by atoms with Crippen LogP contribution in [0.5, 0.6) is 5.88 Å². The number of rotatable bonds is 4. The number of carbonyl (C=O) groups is 1. The summed E-state index contributed by atoms with van der Waals surface area (Å²) < 4.78 is 4.96. The molecule has 0 spiro atoms. The van der Waals surface area contributed by atoms with Gasteiger partial charge in [0.25, 0.3) is 5.91 Å². The van der Waals surface area contributed by atoms with Gasteiger partial charge in [0, 0.05) is 30.1 Å². The summed E-state index contributed by atoms with van der Waals surface area (Å²) in [5.74, 6) is 0.383. The van der Waals surface area contributed by atoms with Crippen LogP contribution in [0.4, 0.5) is 5.69 Å². The Morgan fingerprint density at radius 3 is 2.84 bits per heavy atom. The first kappa shape index (κ1) is 12.9. The normalized spacial score (nSPS) is 9.95. The van der Waals surface area contributed by atoms with Crippen LogP contribution < -0.4 is 15.8 Å². The highest BCUT2D eigenvalue weighted by Crippen LogP contribution is 2.08. The molecule has 2 aromatic rings. The summed E-state index contributed by atoms with van der Waals surface area (Å²) in [5, 5.41) is 2.80. The van der Waals surface area contributed by atoms with E-state index in [4.69, 9.17) is 10.5 Å². The van der Waals surface area contributed by atoms with Crippen molar-refractivity contribution in [1.82, 2.24) is 10.3 Å². The number of anilines is 1. The number of hydrogen-bond acceptors (Lipinski definition) is 4. The van der Waals surface area contributed by atoms with E-state index in [1.54, 1.807) is 43.6 Å². The molecule has 5 nitrogen and oxygen atoms in total. The first-order valence-electron chi connectivity index (χ1n) is 5.81. The van der Waals surface area contributed by atoms with E-state index in [0.717, 1.165) is 5.56 Å². The second kappa shape index (κ2) is 5.86. The highest BCUT2D eigenvalue weighted by molar-refractivity contribution is 5.94. The first-order valence-corrected chi connectivity index (χ1v) is 5.81. The van der Waals surface area contributed by atoms with Crippen molar-refractivity contribution in [2.45, 2.75) is 6.54 Å². The number of benzene rings is 1. The van der Waals surface area contributed by atoms with E-state index in [1.807, 2.05) is 6.07 Å². The summed E-state index contributed by atoms with van der Waals surface area (Å²) in [6.07, 6.45) is 1.67. The predicted octanol–water partition coefficient (Wildman–Crippen LogP) is 1.60. The topological polar surface area (TPSA) is 77.2 Å². The molecule has 0 aliphatic heterocycles.